The van der Waals surface area contributed by atoms with Gasteiger partial charge in [-0.05, 0) is 26.0 Å². The normalized spacial score (nSPS) is 10.6. The highest BCUT2D eigenvalue weighted by molar-refractivity contribution is 5.79. The van der Waals surface area contributed by atoms with Gasteiger partial charge in [-0.25, -0.2) is 4.98 Å². The molecule has 2 aromatic heterocycles. The van der Waals surface area contributed by atoms with E-state index in [0.29, 0.717) is 19.7 Å². The maximum absolute atomic E-state index is 12.3. The molecule has 0 aliphatic carbocycles. The Balaban J connectivity index is 1.95. The molecule has 0 spiro atoms. The van der Waals surface area contributed by atoms with Crippen molar-refractivity contribution in [1.82, 2.24) is 14.3 Å². The largest absolute Gasteiger partial charge is 0.466 e. The summed E-state index contributed by atoms with van der Waals surface area (Å²) in [6.45, 7) is 4.96. The maximum Gasteiger partial charge on any atom is 0.307 e. The molecule has 2 aromatic rings. The minimum atomic E-state index is -0.276. The fourth-order valence-corrected chi connectivity index (χ4v) is 2.26. The van der Waals surface area contributed by atoms with Crippen LogP contribution in [0.25, 0.3) is 5.65 Å². The number of esters is 1. The molecule has 0 saturated heterocycles. The van der Waals surface area contributed by atoms with Gasteiger partial charge in [-0.15, -0.1) is 0 Å². The summed E-state index contributed by atoms with van der Waals surface area (Å²) in [5.74, 6) is -0.309. The van der Waals surface area contributed by atoms with Crippen LogP contribution in [0.4, 0.5) is 0 Å². The average Bonchev–Trinajstić information content (AvgIpc) is 2.90. The van der Waals surface area contributed by atoms with E-state index in [1.807, 2.05) is 41.9 Å². The Bertz CT molecular complexity index is 618. The summed E-state index contributed by atoms with van der Waals surface area (Å²) in [6.07, 6.45) is 4.21. The third-order valence-corrected chi connectivity index (χ3v) is 3.37. The molecule has 0 atom stereocenters. The third kappa shape index (κ3) is 4.07. The van der Waals surface area contributed by atoms with Gasteiger partial charge in [0.25, 0.3) is 0 Å². The molecule has 22 heavy (non-hydrogen) atoms. The topological polar surface area (TPSA) is 63.9 Å². The Morgan fingerprint density at radius 2 is 2.14 bits per heavy atom. The molecule has 0 aromatic carbocycles. The van der Waals surface area contributed by atoms with Crippen LogP contribution in [0.5, 0.6) is 0 Å². The molecule has 0 unspecified atom stereocenters. The number of likely N-dealkylation sites (N-methyl/N-ethyl adjacent to an activating group) is 1. The van der Waals surface area contributed by atoms with Crippen LogP contribution in [0.1, 0.15) is 26.0 Å². The van der Waals surface area contributed by atoms with E-state index < -0.39 is 0 Å². The van der Waals surface area contributed by atoms with E-state index in [9.17, 15) is 9.59 Å². The number of aromatic nitrogens is 2. The highest BCUT2D eigenvalue weighted by Crippen LogP contribution is 2.07. The number of nitrogens with zero attached hydrogens (tertiary/aromatic N) is 3. The second-order valence-electron chi connectivity index (χ2n) is 4.90. The van der Waals surface area contributed by atoms with E-state index in [2.05, 4.69) is 4.98 Å². The molecule has 0 N–H and O–H groups in total. The Kier molecular flexibility index (Phi) is 5.52. The summed E-state index contributed by atoms with van der Waals surface area (Å²) in [5, 5.41) is 0. The second-order valence-corrected chi connectivity index (χ2v) is 4.90. The monoisotopic (exact) mass is 303 g/mol. The number of imidazole rings is 1. The average molecular weight is 303 g/mol. The van der Waals surface area contributed by atoms with Crippen molar-refractivity contribution in [3.8, 4) is 0 Å². The summed E-state index contributed by atoms with van der Waals surface area (Å²) in [5.41, 5.74) is 1.55. The van der Waals surface area contributed by atoms with Crippen LogP contribution in [0.15, 0.2) is 30.6 Å². The standard InChI is InChI=1S/C16H21N3O3/c1-3-18(10-8-16(21)22-4-2)15(20)11-13-12-19-9-6-5-7-14(19)17-13/h5-7,9,12H,3-4,8,10-11H2,1-2H3. The van der Waals surface area contributed by atoms with E-state index >= 15 is 0 Å². The van der Waals surface area contributed by atoms with Crippen LogP contribution in [-0.2, 0) is 20.7 Å². The van der Waals surface area contributed by atoms with Gasteiger partial charge >= 0.3 is 5.97 Å². The van der Waals surface area contributed by atoms with Gasteiger partial charge in [0.05, 0.1) is 25.1 Å². The zero-order chi connectivity index (χ0) is 15.9. The quantitative estimate of drug-likeness (QED) is 0.730. The number of fused-ring (bicyclic) bond motifs is 1. The number of amides is 1. The van der Waals surface area contributed by atoms with Crippen LogP contribution in [-0.4, -0.2) is 45.9 Å². The molecule has 0 fully saturated rings. The zero-order valence-electron chi connectivity index (χ0n) is 13.0. The van der Waals surface area contributed by atoms with Crippen LogP contribution < -0.4 is 0 Å². The predicted octanol–water partition coefficient (Wildman–Crippen LogP) is 1.68. The summed E-state index contributed by atoms with van der Waals surface area (Å²) >= 11 is 0. The van der Waals surface area contributed by atoms with Gasteiger partial charge in [-0.2, -0.15) is 0 Å². The van der Waals surface area contributed by atoms with Crippen LogP contribution in [0.2, 0.25) is 0 Å². The van der Waals surface area contributed by atoms with Crippen molar-refractivity contribution in [3.63, 3.8) is 0 Å². The van der Waals surface area contributed by atoms with Gasteiger partial charge in [-0.3, -0.25) is 9.59 Å². The highest BCUT2D eigenvalue weighted by Gasteiger charge is 2.15. The first kappa shape index (κ1) is 16.0. The lowest BCUT2D eigenvalue weighted by Gasteiger charge is -2.19. The number of hydrogen-bond donors (Lipinski definition) is 0. The molecule has 0 radical (unpaired) electrons. The van der Waals surface area contributed by atoms with Crippen molar-refractivity contribution < 1.29 is 14.3 Å². The lowest BCUT2D eigenvalue weighted by molar-refractivity contribution is -0.144. The molecule has 0 aliphatic heterocycles. The van der Waals surface area contributed by atoms with Gasteiger partial charge in [0.2, 0.25) is 5.91 Å². The predicted molar refractivity (Wildman–Crippen MR) is 82.4 cm³/mol. The Labute approximate surface area is 129 Å². The number of pyridine rings is 1. The Morgan fingerprint density at radius 1 is 1.32 bits per heavy atom. The van der Waals surface area contributed by atoms with Crippen LogP contribution in [0.3, 0.4) is 0 Å². The first-order valence-electron chi connectivity index (χ1n) is 7.50. The number of rotatable bonds is 7. The smallest absolute Gasteiger partial charge is 0.307 e. The summed E-state index contributed by atoms with van der Waals surface area (Å²) in [7, 11) is 0. The van der Waals surface area contributed by atoms with Gasteiger partial charge in [-0.1, -0.05) is 6.07 Å². The van der Waals surface area contributed by atoms with Crippen molar-refractivity contribution in [2.75, 3.05) is 19.7 Å². The van der Waals surface area contributed by atoms with Crippen molar-refractivity contribution in [2.45, 2.75) is 26.7 Å². The number of carbonyl (C=O) groups is 2. The molecule has 6 nitrogen and oxygen atoms in total. The Morgan fingerprint density at radius 3 is 2.82 bits per heavy atom. The molecule has 0 bridgehead atoms. The van der Waals surface area contributed by atoms with Crippen molar-refractivity contribution in [1.29, 1.82) is 0 Å². The van der Waals surface area contributed by atoms with Crippen LogP contribution in [0, 0.1) is 0 Å². The lowest BCUT2D eigenvalue weighted by atomic mass is 10.2. The Hall–Kier alpha value is -2.37. The number of hydrogen-bond acceptors (Lipinski definition) is 4. The minimum absolute atomic E-state index is 0.0322. The van der Waals surface area contributed by atoms with E-state index in [0.717, 1.165) is 11.3 Å². The fourth-order valence-electron chi connectivity index (χ4n) is 2.26. The van der Waals surface area contributed by atoms with Gasteiger partial charge < -0.3 is 14.0 Å². The molecular formula is C16H21N3O3. The fraction of sp³-hybridized carbons (Fsp3) is 0.438. The molecule has 118 valence electrons. The number of carbonyl (C=O) groups excluding carboxylic acids is 2. The van der Waals surface area contributed by atoms with Gasteiger partial charge in [0, 0.05) is 25.5 Å². The molecule has 2 heterocycles. The van der Waals surface area contributed by atoms with Crippen molar-refractivity contribution in [3.05, 3.63) is 36.3 Å². The van der Waals surface area contributed by atoms with Crippen molar-refractivity contribution in [2.24, 2.45) is 0 Å². The second kappa shape index (κ2) is 7.59. The molecule has 1 amide bonds. The first-order chi connectivity index (χ1) is 10.6. The maximum atomic E-state index is 12.3. The molecule has 2 rings (SSSR count). The first-order valence-corrected chi connectivity index (χ1v) is 7.50. The summed E-state index contributed by atoms with van der Waals surface area (Å²) < 4.78 is 6.77. The van der Waals surface area contributed by atoms with Crippen molar-refractivity contribution >= 4 is 17.5 Å². The lowest BCUT2D eigenvalue weighted by Crippen LogP contribution is -2.34. The van der Waals surface area contributed by atoms with E-state index in [1.165, 1.54) is 0 Å². The third-order valence-electron chi connectivity index (χ3n) is 3.37. The van der Waals surface area contributed by atoms with Gasteiger partial charge in [0.1, 0.15) is 5.65 Å². The molecule has 0 aliphatic rings. The van der Waals surface area contributed by atoms with E-state index in [-0.39, 0.29) is 24.7 Å². The summed E-state index contributed by atoms with van der Waals surface area (Å²) in [4.78, 5) is 29.8. The minimum Gasteiger partial charge on any atom is -0.466 e. The molecule has 6 heteroatoms. The zero-order valence-corrected chi connectivity index (χ0v) is 13.0. The van der Waals surface area contributed by atoms with Gasteiger partial charge in [0.15, 0.2) is 0 Å². The summed E-state index contributed by atoms with van der Waals surface area (Å²) in [6, 6.07) is 5.72. The van der Waals surface area contributed by atoms with E-state index in [1.54, 1.807) is 11.8 Å². The van der Waals surface area contributed by atoms with Crippen LogP contribution >= 0.6 is 0 Å². The molecular weight excluding hydrogens is 282 g/mol. The number of ether oxygens (including phenoxy) is 1. The SMILES string of the molecule is CCOC(=O)CCN(CC)C(=O)Cc1cn2ccccc2n1. The van der Waals surface area contributed by atoms with E-state index in [4.69, 9.17) is 4.74 Å². The highest BCUT2D eigenvalue weighted by atomic mass is 16.5. The molecule has 0 saturated carbocycles.